The number of halogens is 1. The minimum atomic E-state index is -0.104. The number of nitrogens with one attached hydrogen (secondary N) is 2. The van der Waals surface area contributed by atoms with E-state index in [4.69, 9.17) is 4.74 Å². The van der Waals surface area contributed by atoms with Crippen LogP contribution >= 0.6 is 15.9 Å². The topological polar surface area (TPSA) is 103 Å². The third-order valence-electron chi connectivity index (χ3n) is 4.29. The third kappa shape index (κ3) is 4.30. The molecular formula is C18H20BrN5O2. The largest absolute Gasteiger partial charge is 0.392 e. The SMILES string of the molecule is Cc1cnc(Nc2ccc(Br)c(CO)c2)nc1NC1COCCC1C#N. The van der Waals surface area contributed by atoms with Crippen molar-refractivity contribution in [3.05, 3.63) is 40.0 Å². The molecular weight excluding hydrogens is 398 g/mol. The highest BCUT2D eigenvalue weighted by atomic mass is 79.9. The Hall–Kier alpha value is -2.21. The van der Waals surface area contributed by atoms with Crippen LogP contribution in [0.2, 0.25) is 0 Å². The molecule has 7 nitrogen and oxygen atoms in total. The average Bonchev–Trinajstić information content (AvgIpc) is 2.66. The van der Waals surface area contributed by atoms with E-state index >= 15 is 0 Å². The lowest BCUT2D eigenvalue weighted by Crippen LogP contribution is -2.38. The molecule has 0 bridgehead atoms. The van der Waals surface area contributed by atoms with Gasteiger partial charge in [0.2, 0.25) is 5.95 Å². The van der Waals surface area contributed by atoms with Crippen molar-refractivity contribution >= 4 is 33.4 Å². The van der Waals surface area contributed by atoms with Crippen molar-refractivity contribution < 1.29 is 9.84 Å². The van der Waals surface area contributed by atoms with Gasteiger partial charge in [0.05, 0.1) is 31.2 Å². The van der Waals surface area contributed by atoms with Crippen molar-refractivity contribution in [2.75, 3.05) is 23.8 Å². The number of nitriles is 1. The maximum Gasteiger partial charge on any atom is 0.229 e. The Balaban J connectivity index is 1.78. The molecule has 2 unspecified atom stereocenters. The molecule has 0 saturated carbocycles. The molecule has 1 aromatic carbocycles. The van der Waals surface area contributed by atoms with Gasteiger partial charge in [0.15, 0.2) is 0 Å². The van der Waals surface area contributed by atoms with E-state index in [0.29, 0.717) is 31.4 Å². The Bertz CT molecular complexity index is 824. The summed E-state index contributed by atoms with van der Waals surface area (Å²) in [7, 11) is 0. The number of aryl methyl sites for hydroxylation is 1. The highest BCUT2D eigenvalue weighted by Gasteiger charge is 2.26. The standard InChI is InChI=1S/C18H20BrN5O2/c1-11-8-21-18(22-14-2-3-15(19)13(6-14)9-25)24-17(11)23-16-10-26-5-4-12(16)7-20/h2-3,6,8,12,16,25H,4-5,9-10H2,1H3,(H2,21,22,23,24). The van der Waals surface area contributed by atoms with E-state index in [1.807, 2.05) is 25.1 Å². The monoisotopic (exact) mass is 417 g/mol. The van der Waals surface area contributed by atoms with Crippen molar-refractivity contribution in [1.29, 1.82) is 5.26 Å². The second-order valence-electron chi connectivity index (χ2n) is 6.16. The van der Waals surface area contributed by atoms with E-state index in [0.717, 1.165) is 21.3 Å². The van der Waals surface area contributed by atoms with Crippen LogP contribution in [0.1, 0.15) is 17.5 Å². The fraction of sp³-hybridized carbons (Fsp3) is 0.389. The lowest BCUT2D eigenvalue weighted by molar-refractivity contribution is 0.0698. The van der Waals surface area contributed by atoms with Crippen LogP contribution in [-0.4, -0.2) is 34.3 Å². The van der Waals surface area contributed by atoms with Gasteiger partial charge < -0.3 is 20.5 Å². The van der Waals surface area contributed by atoms with Gasteiger partial charge in [-0.05, 0) is 37.1 Å². The molecule has 1 fully saturated rings. The predicted molar refractivity (Wildman–Crippen MR) is 102 cm³/mol. The average molecular weight is 418 g/mol. The number of rotatable bonds is 5. The summed E-state index contributed by atoms with van der Waals surface area (Å²) in [6.07, 6.45) is 2.45. The number of aliphatic hydroxyl groups excluding tert-OH is 1. The van der Waals surface area contributed by atoms with Crippen molar-refractivity contribution in [2.24, 2.45) is 5.92 Å². The van der Waals surface area contributed by atoms with E-state index in [-0.39, 0.29) is 18.6 Å². The fourth-order valence-corrected chi connectivity index (χ4v) is 3.13. The quantitative estimate of drug-likeness (QED) is 0.686. The number of benzene rings is 1. The van der Waals surface area contributed by atoms with E-state index in [1.54, 1.807) is 6.20 Å². The molecule has 0 spiro atoms. The molecule has 3 rings (SSSR count). The molecule has 0 radical (unpaired) electrons. The highest BCUT2D eigenvalue weighted by molar-refractivity contribution is 9.10. The Morgan fingerprint density at radius 2 is 2.31 bits per heavy atom. The van der Waals surface area contributed by atoms with Crippen LogP contribution in [0.4, 0.5) is 17.5 Å². The van der Waals surface area contributed by atoms with Gasteiger partial charge in [0.1, 0.15) is 5.82 Å². The van der Waals surface area contributed by atoms with Gasteiger partial charge >= 0.3 is 0 Å². The zero-order valence-electron chi connectivity index (χ0n) is 14.4. The van der Waals surface area contributed by atoms with Crippen molar-refractivity contribution in [3.63, 3.8) is 0 Å². The van der Waals surface area contributed by atoms with E-state index in [2.05, 4.69) is 42.6 Å². The molecule has 8 heteroatoms. The van der Waals surface area contributed by atoms with Crippen LogP contribution in [0.15, 0.2) is 28.9 Å². The molecule has 1 saturated heterocycles. The Labute approximate surface area is 160 Å². The second kappa shape index (κ2) is 8.45. The van der Waals surface area contributed by atoms with E-state index in [9.17, 15) is 10.4 Å². The van der Waals surface area contributed by atoms with Crippen LogP contribution in [0.3, 0.4) is 0 Å². The molecule has 0 amide bonds. The summed E-state index contributed by atoms with van der Waals surface area (Å²) in [6, 6.07) is 7.81. The summed E-state index contributed by atoms with van der Waals surface area (Å²) in [5.41, 5.74) is 2.45. The van der Waals surface area contributed by atoms with Gasteiger partial charge in [-0.1, -0.05) is 15.9 Å². The van der Waals surface area contributed by atoms with Gasteiger partial charge in [-0.25, -0.2) is 4.98 Å². The molecule has 136 valence electrons. The van der Waals surface area contributed by atoms with Gasteiger partial charge in [-0.15, -0.1) is 0 Å². The molecule has 2 aromatic rings. The minimum Gasteiger partial charge on any atom is -0.392 e. The number of hydrogen-bond donors (Lipinski definition) is 3. The smallest absolute Gasteiger partial charge is 0.229 e. The number of anilines is 3. The summed E-state index contributed by atoms with van der Waals surface area (Å²) in [5, 5.41) is 25.2. The number of nitrogens with zero attached hydrogens (tertiary/aromatic N) is 3. The zero-order chi connectivity index (χ0) is 18.5. The van der Waals surface area contributed by atoms with Crippen molar-refractivity contribution in [3.8, 4) is 6.07 Å². The number of aliphatic hydroxyl groups is 1. The van der Waals surface area contributed by atoms with Gasteiger partial charge in [0, 0.05) is 28.5 Å². The summed E-state index contributed by atoms with van der Waals surface area (Å²) < 4.78 is 6.33. The first kappa shape index (κ1) is 18.6. The van der Waals surface area contributed by atoms with E-state index in [1.165, 1.54) is 0 Å². The molecule has 1 aromatic heterocycles. The second-order valence-corrected chi connectivity index (χ2v) is 7.02. The number of ether oxygens (including phenoxy) is 1. The summed E-state index contributed by atoms with van der Waals surface area (Å²) in [5.74, 6) is 1.01. The van der Waals surface area contributed by atoms with Crippen LogP contribution in [0.5, 0.6) is 0 Å². The Kier molecular flexibility index (Phi) is 6.04. The zero-order valence-corrected chi connectivity index (χ0v) is 16.0. The molecule has 26 heavy (non-hydrogen) atoms. The van der Waals surface area contributed by atoms with Gasteiger partial charge in [-0.2, -0.15) is 10.2 Å². The molecule has 1 aliphatic heterocycles. The van der Waals surface area contributed by atoms with Crippen molar-refractivity contribution in [2.45, 2.75) is 26.0 Å². The minimum absolute atomic E-state index is 0.0606. The van der Waals surface area contributed by atoms with Crippen LogP contribution in [0, 0.1) is 24.2 Å². The maximum absolute atomic E-state index is 9.38. The highest BCUT2D eigenvalue weighted by Crippen LogP contribution is 2.25. The first-order chi connectivity index (χ1) is 12.6. The third-order valence-corrected chi connectivity index (χ3v) is 5.06. The van der Waals surface area contributed by atoms with Crippen LogP contribution in [-0.2, 0) is 11.3 Å². The maximum atomic E-state index is 9.38. The summed E-state index contributed by atoms with van der Waals surface area (Å²) >= 11 is 3.40. The predicted octanol–water partition coefficient (Wildman–Crippen LogP) is 3.12. The van der Waals surface area contributed by atoms with Gasteiger partial charge in [-0.3, -0.25) is 0 Å². The lowest BCUT2D eigenvalue weighted by atomic mass is 9.96. The van der Waals surface area contributed by atoms with E-state index < -0.39 is 0 Å². The van der Waals surface area contributed by atoms with Gasteiger partial charge in [0.25, 0.3) is 0 Å². The first-order valence-electron chi connectivity index (χ1n) is 8.34. The first-order valence-corrected chi connectivity index (χ1v) is 9.14. The summed E-state index contributed by atoms with van der Waals surface area (Å²) in [4.78, 5) is 8.85. The van der Waals surface area contributed by atoms with Crippen LogP contribution < -0.4 is 10.6 Å². The number of hydrogen-bond acceptors (Lipinski definition) is 7. The Morgan fingerprint density at radius 3 is 3.08 bits per heavy atom. The van der Waals surface area contributed by atoms with Crippen LogP contribution in [0.25, 0.3) is 0 Å². The fourth-order valence-electron chi connectivity index (χ4n) is 2.76. The molecule has 0 aliphatic carbocycles. The molecule has 1 aliphatic rings. The lowest BCUT2D eigenvalue weighted by Gasteiger charge is -2.28. The number of aromatic nitrogens is 2. The van der Waals surface area contributed by atoms with Crippen molar-refractivity contribution in [1.82, 2.24) is 9.97 Å². The molecule has 3 N–H and O–H groups in total. The summed E-state index contributed by atoms with van der Waals surface area (Å²) in [6.45, 7) is 2.95. The normalized spacial score (nSPS) is 19.6. The molecule has 2 atom stereocenters. The Morgan fingerprint density at radius 1 is 1.46 bits per heavy atom. The molecule has 2 heterocycles.